The molecule has 0 aliphatic carbocycles. The van der Waals surface area contributed by atoms with Crippen molar-refractivity contribution < 1.29 is 4.84 Å². The van der Waals surface area contributed by atoms with E-state index in [1.165, 1.54) is 11.3 Å². The molecule has 1 heterocycles. The summed E-state index contributed by atoms with van der Waals surface area (Å²) in [4.78, 5) is 5.62. The van der Waals surface area contributed by atoms with Crippen LogP contribution >= 0.6 is 0 Å². The number of oxime groups is 1. The molecule has 0 fully saturated rings. The third kappa shape index (κ3) is 5.35. The van der Waals surface area contributed by atoms with E-state index in [-0.39, 0.29) is 11.5 Å². The van der Waals surface area contributed by atoms with Gasteiger partial charge < -0.3 is 4.84 Å². The maximum absolute atomic E-state index is 5.62. The SMILES string of the molecule is CC(C)(C)C1=NO[C@H](/C=C\[C@H](Cc2ccccc2)[Si](C)(C)C)C1. The summed E-state index contributed by atoms with van der Waals surface area (Å²) in [6.07, 6.45) is 6.79. The van der Waals surface area contributed by atoms with Crippen LogP contribution in [0.1, 0.15) is 32.8 Å². The van der Waals surface area contributed by atoms with E-state index in [1.807, 2.05) is 0 Å². The van der Waals surface area contributed by atoms with Crippen LogP contribution in [0.2, 0.25) is 25.2 Å². The van der Waals surface area contributed by atoms with Gasteiger partial charge in [-0.25, -0.2) is 0 Å². The normalized spacial score (nSPS) is 20.4. The molecule has 1 aliphatic heterocycles. The highest BCUT2D eigenvalue weighted by Gasteiger charge is 2.29. The minimum Gasteiger partial charge on any atom is -0.388 e. The zero-order chi connectivity index (χ0) is 17.1. The highest BCUT2D eigenvalue weighted by atomic mass is 28.3. The Labute approximate surface area is 142 Å². The Morgan fingerprint density at radius 3 is 2.39 bits per heavy atom. The number of nitrogens with zero attached hydrogens (tertiary/aromatic N) is 1. The third-order valence-corrected chi connectivity index (χ3v) is 7.15. The summed E-state index contributed by atoms with van der Waals surface area (Å²) in [7, 11) is -1.27. The first kappa shape index (κ1) is 18.0. The van der Waals surface area contributed by atoms with Crippen molar-refractivity contribution in [2.24, 2.45) is 10.6 Å². The van der Waals surface area contributed by atoms with Gasteiger partial charge in [0.15, 0.2) is 6.10 Å². The number of allylic oxidation sites excluding steroid dienone is 1. The Bertz CT molecular complexity index is 564. The molecule has 0 bridgehead atoms. The van der Waals surface area contributed by atoms with Gasteiger partial charge in [-0.3, -0.25) is 0 Å². The largest absolute Gasteiger partial charge is 0.388 e. The van der Waals surface area contributed by atoms with Crippen molar-refractivity contribution in [1.82, 2.24) is 0 Å². The van der Waals surface area contributed by atoms with Gasteiger partial charge in [0.1, 0.15) is 0 Å². The Morgan fingerprint density at radius 1 is 1.22 bits per heavy atom. The van der Waals surface area contributed by atoms with Gasteiger partial charge in [-0.2, -0.15) is 0 Å². The predicted octanol–water partition coefficient (Wildman–Crippen LogP) is 5.68. The van der Waals surface area contributed by atoms with Crippen molar-refractivity contribution in [3.8, 4) is 0 Å². The molecule has 2 nitrogen and oxygen atoms in total. The summed E-state index contributed by atoms with van der Waals surface area (Å²) in [5, 5.41) is 4.29. The zero-order valence-corrected chi connectivity index (χ0v) is 16.5. The maximum Gasteiger partial charge on any atom is 0.151 e. The molecule has 0 aromatic heterocycles. The van der Waals surface area contributed by atoms with Crippen LogP contribution in [0.15, 0.2) is 47.6 Å². The zero-order valence-electron chi connectivity index (χ0n) is 15.5. The lowest BCUT2D eigenvalue weighted by Crippen LogP contribution is -2.28. The van der Waals surface area contributed by atoms with E-state index in [9.17, 15) is 0 Å². The Balaban J connectivity index is 2.02. The lowest BCUT2D eigenvalue weighted by atomic mass is 9.87. The molecule has 23 heavy (non-hydrogen) atoms. The van der Waals surface area contributed by atoms with Crippen LogP contribution in [0.3, 0.4) is 0 Å². The first-order chi connectivity index (χ1) is 10.7. The van der Waals surface area contributed by atoms with Gasteiger partial charge in [-0.1, -0.05) is 82.0 Å². The van der Waals surface area contributed by atoms with Gasteiger partial charge in [0.25, 0.3) is 0 Å². The lowest BCUT2D eigenvalue weighted by Gasteiger charge is -2.26. The first-order valence-electron chi connectivity index (χ1n) is 8.61. The standard InChI is InChI=1S/C20H31NOSi/c1-20(2,3)19-15-17(22-21-19)12-13-18(23(4,5)6)14-16-10-8-7-9-11-16/h7-13,17-18H,14-15H2,1-6H3/b13-12-/t17-,18-/m1/s1. The van der Waals surface area contributed by atoms with Crippen molar-refractivity contribution in [2.75, 3.05) is 0 Å². The quantitative estimate of drug-likeness (QED) is 0.502. The maximum atomic E-state index is 5.62. The Hall–Kier alpha value is -1.35. The average molecular weight is 330 g/mol. The van der Waals surface area contributed by atoms with Gasteiger partial charge in [-0.15, -0.1) is 0 Å². The van der Waals surface area contributed by atoms with E-state index in [0.717, 1.165) is 12.8 Å². The predicted molar refractivity (Wildman–Crippen MR) is 103 cm³/mol. The first-order valence-corrected chi connectivity index (χ1v) is 12.2. The fourth-order valence-electron chi connectivity index (χ4n) is 2.73. The summed E-state index contributed by atoms with van der Waals surface area (Å²) in [6.45, 7) is 13.9. The highest BCUT2D eigenvalue weighted by molar-refractivity contribution is 6.78. The summed E-state index contributed by atoms with van der Waals surface area (Å²) in [6, 6.07) is 10.8. The molecule has 1 aliphatic rings. The van der Waals surface area contributed by atoms with Gasteiger partial charge in [0.2, 0.25) is 0 Å². The van der Waals surface area contributed by atoms with E-state index in [2.05, 4.69) is 88.1 Å². The molecule has 1 aromatic carbocycles. The van der Waals surface area contributed by atoms with Crippen molar-refractivity contribution in [3.05, 3.63) is 48.0 Å². The molecule has 0 N–H and O–H groups in total. The monoisotopic (exact) mass is 329 g/mol. The number of hydrogen-bond acceptors (Lipinski definition) is 2. The van der Waals surface area contributed by atoms with Crippen LogP contribution in [-0.4, -0.2) is 19.9 Å². The number of hydrogen-bond donors (Lipinski definition) is 0. The van der Waals surface area contributed by atoms with E-state index in [4.69, 9.17) is 4.84 Å². The smallest absolute Gasteiger partial charge is 0.151 e. The minimum atomic E-state index is -1.27. The molecular weight excluding hydrogens is 298 g/mol. The molecule has 2 atom stereocenters. The number of rotatable bonds is 5. The van der Waals surface area contributed by atoms with Crippen LogP contribution in [0, 0.1) is 5.41 Å². The molecule has 2 rings (SSSR count). The van der Waals surface area contributed by atoms with Crippen LogP contribution in [0.25, 0.3) is 0 Å². The molecule has 126 valence electrons. The van der Waals surface area contributed by atoms with Gasteiger partial charge in [-0.05, 0) is 23.6 Å². The molecule has 0 spiro atoms. The molecule has 0 unspecified atom stereocenters. The molecule has 0 saturated carbocycles. The van der Waals surface area contributed by atoms with Crippen LogP contribution in [0.4, 0.5) is 0 Å². The fraction of sp³-hybridized carbons (Fsp3) is 0.550. The lowest BCUT2D eigenvalue weighted by molar-refractivity contribution is 0.119. The van der Waals surface area contributed by atoms with Crippen LogP contribution in [0.5, 0.6) is 0 Å². The van der Waals surface area contributed by atoms with Crippen LogP contribution < -0.4 is 0 Å². The second kappa shape index (κ2) is 7.04. The third-order valence-electron chi connectivity index (χ3n) is 4.53. The van der Waals surface area contributed by atoms with Gasteiger partial charge >= 0.3 is 0 Å². The van der Waals surface area contributed by atoms with Gasteiger partial charge in [0, 0.05) is 11.8 Å². The van der Waals surface area contributed by atoms with E-state index in [0.29, 0.717) is 5.54 Å². The topological polar surface area (TPSA) is 21.6 Å². The van der Waals surface area contributed by atoms with E-state index in [1.54, 1.807) is 0 Å². The summed E-state index contributed by atoms with van der Waals surface area (Å²) >= 11 is 0. The van der Waals surface area contributed by atoms with E-state index >= 15 is 0 Å². The van der Waals surface area contributed by atoms with Crippen molar-refractivity contribution in [1.29, 1.82) is 0 Å². The second-order valence-electron chi connectivity index (χ2n) is 8.68. The molecule has 0 radical (unpaired) electrons. The molecule has 0 amide bonds. The molecule has 0 saturated heterocycles. The van der Waals surface area contributed by atoms with Crippen molar-refractivity contribution >= 4 is 13.8 Å². The highest BCUT2D eigenvalue weighted by Crippen LogP contribution is 2.30. The second-order valence-corrected chi connectivity index (χ2v) is 14.2. The minimum absolute atomic E-state index is 0.102. The van der Waals surface area contributed by atoms with Gasteiger partial charge in [0.05, 0.1) is 13.8 Å². The summed E-state index contributed by atoms with van der Waals surface area (Å²) in [5.41, 5.74) is 3.31. The van der Waals surface area contributed by atoms with Crippen molar-refractivity contribution in [3.63, 3.8) is 0 Å². The Morgan fingerprint density at radius 2 is 1.87 bits per heavy atom. The molecular formula is C20H31NOSi. The average Bonchev–Trinajstić information content (AvgIpc) is 2.92. The fourth-order valence-corrected chi connectivity index (χ4v) is 4.27. The van der Waals surface area contributed by atoms with Crippen LogP contribution in [-0.2, 0) is 11.3 Å². The molecule has 3 heteroatoms. The van der Waals surface area contributed by atoms with Crippen molar-refractivity contribution in [2.45, 2.75) is 64.9 Å². The Kier molecular flexibility index (Phi) is 5.51. The summed E-state index contributed by atoms with van der Waals surface area (Å²) in [5.74, 6) is 0. The summed E-state index contributed by atoms with van der Waals surface area (Å²) < 4.78 is 0. The number of benzene rings is 1. The van der Waals surface area contributed by atoms with E-state index < -0.39 is 8.07 Å². The molecule has 1 aromatic rings.